The molecule has 0 spiro atoms. The maximum Gasteiger partial charge on any atom is 0.183 e. The fraction of sp³-hybridized carbons (Fsp3) is 0.571. The maximum absolute atomic E-state index is 5.73. The molecule has 1 heterocycles. The number of hydrogen-bond acceptors (Lipinski definition) is 4. The zero-order valence-electron chi connectivity index (χ0n) is 6.88. The van der Waals surface area contributed by atoms with E-state index in [4.69, 9.17) is 5.73 Å². The van der Waals surface area contributed by atoms with Gasteiger partial charge in [-0.05, 0) is 22.4 Å². The van der Waals surface area contributed by atoms with Crippen LogP contribution in [0, 0.1) is 0 Å². The van der Waals surface area contributed by atoms with Crippen molar-refractivity contribution in [1.29, 1.82) is 0 Å². The quantitative estimate of drug-likeness (QED) is 0.859. The van der Waals surface area contributed by atoms with Gasteiger partial charge in [-0.1, -0.05) is 6.92 Å². The number of aromatic nitrogens is 1. The fourth-order valence-corrected chi connectivity index (χ4v) is 1.85. The van der Waals surface area contributed by atoms with Gasteiger partial charge in [0.25, 0.3) is 0 Å². The first kappa shape index (κ1) is 9.95. The molecule has 0 saturated carbocycles. The van der Waals surface area contributed by atoms with Crippen molar-refractivity contribution in [3.63, 3.8) is 0 Å². The smallest absolute Gasteiger partial charge is 0.183 e. The van der Waals surface area contributed by atoms with Crippen LogP contribution in [-0.2, 0) is 0 Å². The molecule has 0 aliphatic carbocycles. The minimum absolute atomic E-state index is 0.215. The fourth-order valence-electron chi connectivity index (χ4n) is 0.698. The summed E-state index contributed by atoms with van der Waals surface area (Å²) in [5, 5.41) is 6.03. The van der Waals surface area contributed by atoms with E-state index in [1.807, 2.05) is 5.38 Å². The van der Waals surface area contributed by atoms with Gasteiger partial charge in [0.15, 0.2) is 5.13 Å². The number of rotatable bonds is 4. The second kappa shape index (κ2) is 4.79. The normalized spacial score (nSPS) is 12.9. The van der Waals surface area contributed by atoms with Crippen molar-refractivity contribution in [2.45, 2.75) is 19.4 Å². The number of nitrogens with zero attached hydrogens (tertiary/aromatic N) is 1. The molecule has 3 N–H and O–H groups in total. The van der Waals surface area contributed by atoms with Gasteiger partial charge in [0.05, 0.1) is 0 Å². The van der Waals surface area contributed by atoms with Gasteiger partial charge in [0, 0.05) is 18.0 Å². The summed E-state index contributed by atoms with van der Waals surface area (Å²) in [6, 6.07) is 0.215. The topological polar surface area (TPSA) is 50.9 Å². The molecule has 1 aromatic heterocycles. The van der Waals surface area contributed by atoms with Crippen molar-refractivity contribution < 1.29 is 0 Å². The summed E-state index contributed by atoms with van der Waals surface area (Å²) < 4.78 is 0.875. The number of nitrogens with two attached hydrogens (primary N) is 1. The standard InChI is InChI=1S/C7H12BrN3S/c1-2-5(9)3-10-7-11-6(8)4-12-7/h4-5H,2-3,9H2,1H3,(H,10,11). The van der Waals surface area contributed by atoms with E-state index >= 15 is 0 Å². The van der Waals surface area contributed by atoms with E-state index in [-0.39, 0.29) is 6.04 Å². The minimum Gasteiger partial charge on any atom is -0.360 e. The first-order chi connectivity index (χ1) is 5.72. The van der Waals surface area contributed by atoms with Crippen LogP contribution in [0.1, 0.15) is 13.3 Å². The third-order valence-corrected chi connectivity index (χ3v) is 3.03. The van der Waals surface area contributed by atoms with E-state index < -0.39 is 0 Å². The molecule has 0 bridgehead atoms. The van der Waals surface area contributed by atoms with E-state index in [0.29, 0.717) is 0 Å². The Morgan fingerprint density at radius 3 is 3.08 bits per heavy atom. The summed E-state index contributed by atoms with van der Waals surface area (Å²) >= 11 is 4.86. The first-order valence-electron chi connectivity index (χ1n) is 3.83. The van der Waals surface area contributed by atoms with Crippen LogP contribution in [-0.4, -0.2) is 17.6 Å². The zero-order valence-corrected chi connectivity index (χ0v) is 9.28. The van der Waals surface area contributed by atoms with Crippen molar-refractivity contribution in [2.24, 2.45) is 5.73 Å². The maximum atomic E-state index is 5.73. The molecule has 1 unspecified atom stereocenters. The molecule has 0 amide bonds. The van der Waals surface area contributed by atoms with Gasteiger partial charge >= 0.3 is 0 Å². The van der Waals surface area contributed by atoms with Crippen LogP contribution >= 0.6 is 27.3 Å². The van der Waals surface area contributed by atoms with Gasteiger partial charge in [0.2, 0.25) is 0 Å². The highest BCUT2D eigenvalue weighted by Gasteiger charge is 2.01. The van der Waals surface area contributed by atoms with Crippen LogP contribution in [0.5, 0.6) is 0 Å². The van der Waals surface area contributed by atoms with Crippen molar-refractivity contribution in [3.05, 3.63) is 9.98 Å². The van der Waals surface area contributed by atoms with Crippen LogP contribution in [0.3, 0.4) is 0 Å². The average molecular weight is 250 g/mol. The second-order valence-electron chi connectivity index (χ2n) is 2.52. The van der Waals surface area contributed by atoms with Gasteiger partial charge in [-0.25, -0.2) is 4.98 Å². The van der Waals surface area contributed by atoms with Crippen LogP contribution in [0.2, 0.25) is 0 Å². The summed E-state index contributed by atoms with van der Waals surface area (Å²) in [6.45, 7) is 2.86. The van der Waals surface area contributed by atoms with E-state index in [9.17, 15) is 0 Å². The number of halogens is 1. The van der Waals surface area contributed by atoms with Crippen molar-refractivity contribution in [1.82, 2.24) is 4.98 Å². The van der Waals surface area contributed by atoms with Crippen LogP contribution < -0.4 is 11.1 Å². The SMILES string of the molecule is CCC(N)CNc1nc(Br)cs1. The van der Waals surface area contributed by atoms with E-state index in [0.717, 1.165) is 22.7 Å². The predicted octanol–water partition coefficient (Wildman–Crippen LogP) is 2.05. The molecule has 1 atom stereocenters. The molecule has 1 rings (SSSR count). The molecule has 0 fully saturated rings. The van der Waals surface area contributed by atoms with Gasteiger partial charge in [0.1, 0.15) is 4.60 Å². The Morgan fingerprint density at radius 2 is 2.58 bits per heavy atom. The summed E-state index contributed by atoms with van der Waals surface area (Å²) in [5.74, 6) is 0. The van der Waals surface area contributed by atoms with Gasteiger partial charge in [-0.2, -0.15) is 0 Å². The largest absolute Gasteiger partial charge is 0.360 e. The van der Waals surface area contributed by atoms with Crippen LogP contribution in [0.15, 0.2) is 9.98 Å². The Morgan fingerprint density at radius 1 is 1.83 bits per heavy atom. The Labute approximate surface area is 84.5 Å². The molecular weight excluding hydrogens is 238 g/mol. The third kappa shape index (κ3) is 3.08. The Balaban J connectivity index is 2.33. The summed E-state index contributed by atoms with van der Waals surface area (Å²) in [4.78, 5) is 4.19. The third-order valence-electron chi connectivity index (χ3n) is 1.52. The Hall–Kier alpha value is -0.130. The number of hydrogen-bond donors (Lipinski definition) is 2. The van der Waals surface area contributed by atoms with Crippen LogP contribution in [0.4, 0.5) is 5.13 Å². The molecule has 0 aliphatic heterocycles. The number of thiazole rings is 1. The zero-order chi connectivity index (χ0) is 8.97. The average Bonchev–Trinajstić information content (AvgIpc) is 2.47. The highest BCUT2D eigenvalue weighted by molar-refractivity contribution is 9.10. The lowest BCUT2D eigenvalue weighted by Gasteiger charge is -2.08. The molecule has 0 saturated heterocycles. The molecular formula is C7H12BrN3S. The summed E-state index contributed by atoms with van der Waals surface area (Å²) in [7, 11) is 0. The molecule has 0 aliphatic rings. The lowest BCUT2D eigenvalue weighted by Crippen LogP contribution is -2.27. The summed E-state index contributed by atoms with van der Waals surface area (Å²) in [5.41, 5.74) is 5.73. The van der Waals surface area contributed by atoms with Crippen molar-refractivity contribution in [2.75, 3.05) is 11.9 Å². The minimum atomic E-state index is 0.215. The van der Waals surface area contributed by atoms with E-state index in [1.54, 1.807) is 11.3 Å². The van der Waals surface area contributed by atoms with Gasteiger partial charge in [-0.3, -0.25) is 0 Å². The molecule has 12 heavy (non-hydrogen) atoms. The highest BCUT2D eigenvalue weighted by atomic mass is 79.9. The van der Waals surface area contributed by atoms with Gasteiger partial charge < -0.3 is 11.1 Å². The molecule has 0 aromatic carbocycles. The Bertz CT molecular complexity index is 238. The predicted molar refractivity (Wildman–Crippen MR) is 56.6 cm³/mol. The molecule has 5 heteroatoms. The lowest BCUT2D eigenvalue weighted by molar-refractivity contribution is 0.679. The lowest BCUT2D eigenvalue weighted by atomic mass is 10.2. The Kier molecular flexibility index (Phi) is 3.97. The molecule has 3 nitrogen and oxygen atoms in total. The first-order valence-corrected chi connectivity index (χ1v) is 5.50. The number of anilines is 1. The van der Waals surface area contributed by atoms with Crippen molar-refractivity contribution >= 4 is 32.4 Å². The van der Waals surface area contributed by atoms with E-state index in [2.05, 4.69) is 33.2 Å². The molecule has 0 radical (unpaired) electrons. The summed E-state index contributed by atoms with van der Waals surface area (Å²) in [6.07, 6.45) is 0.986. The van der Waals surface area contributed by atoms with Crippen molar-refractivity contribution in [3.8, 4) is 0 Å². The van der Waals surface area contributed by atoms with E-state index in [1.165, 1.54) is 0 Å². The number of nitrogens with one attached hydrogen (secondary N) is 1. The second-order valence-corrected chi connectivity index (χ2v) is 4.20. The molecule has 68 valence electrons. The van der Waals surface area contributed by atoms with Gasteiger partial charge in [-0.15, -0.1) is 11.3 Å². The molecule has 1 aromatic rings. The monoisotopic (exact) mass is 249 g/mol. The van der Waals surface area contributed by atoms with Crippen LogP contribution in [0.25, 0.3) is 0 Å². The highest BCUT2D eigenvalue weighted by Crippen LogP contribution is 2.18.